The Morgan fingerprint density at radius 2 is 1.95 bits per heavy atom. The maximum Gasteiger partial charge on any atom is 0.407 e. The van der Waals surface area contributed by atoms with Crippen LogP contribution < -0.4 is 10.6 Å². The Bertz CT molecular complexity index is 510. The molecule has 0 saturated carbocycles. The number of hydrogen-bond donors (Lipinski definition) is 2. The average molecular weight is 282 g/mol. The van der Waals surface area contributed by atoms with Gasteiger partial charge in [-0.15, -0.1) is 0 Å². The van der Waals surface area contributed by atoms with Gasteiger partial charge in [0.2, 0.25) is 0 Å². The normalized spacial score (nSPS) is 10.8. The number of carbonyl (C=O) groups is 2. The molecule has 6 heteroatoms. The summed E-state index contributed by atoms with van der Waals surface area (Å²) in [5.41, 5.74) is -0.0352. The maximum atomic E-state index is 13.5. The van der Waals surface area contributed by atoms with Crippen LogP contribution in [0, 0.1) is 5.82 Å². The molecule has 0 fully saturated rings. The van der Waals surface area contributed by atoms with Gasteiger partial charge in [0.05, 0.1) is 5.56 Å². The zero-order valence-corrected chi connectivity index (χ0v) is 12.0. The molecule has 0 heterocycles. The lowest BCUT2D eigenvalue weighted by Crippen LogP contribution is -2.32. The first-order chi connectivity index (χ1) is 9.23. The molecule has 0 radical (unpaired) electrons. The molecular weight excluding hydrogens is 263 g/mol. The van der Waals surface area contributed by atoms with Gasteiger partial charge in [-0.3, -0.25) is 4.79 Å². The fourth-order valence-corrected chi connectivity index (χ4v) is 1.48. The summed E-state index contributed by atoms with van der Waals surface area (Å²) in [5.74, 6) is -1.12. The largest absolute Gasteiger partial charge is 0.444 e. The number of alkyl carbamates (subject to hydrolysis) is 1. The molecule has 0 aliphatic rings. The minimum Gasteiger partial charge on any atom is -0.444 e. The van der Waals surface area contributed by atoms with Crippen molar-refractivity contribution in [2.45, 2.75) is 32.9 Å². The second-order valence-corrected chi connectivity index (χ2v) is 5.25. The van der Waals surface area contributed by atoms with Crippen LogP contribution in [0.4, 0.5) is 9.18 Å². The summed E-state index contributed by atoms with van der Waals surface area (Å²) in [6, 6.07) is 4.08. The summed E-state index contributed by atoms with van der Waals surface area (Å²) >= 11 is 0. The van der Waals surface area contributed by atoms with Crippen LogP contribution in [0.1, 0.15) is 36.7 Å². The van der Waals surface area contributed by atoms with E-state index in [4.69, 9.17) is 4.74 Å². The quantitative estimate of drug-likeness (QED) is 0.893. The van der Waals surface area contributed by atoms with Crippen LogP contribution in [0.15, 0.2) is 18.2 Å². The van der Waals surface area contributed by atoms with E-state index in [1.807, 2.05) is 0 Å². The van der Waals surface area contributed by atoms with E-state index >= 15 is 0 Å². The van der Waals surface area contributed by atoms with Crippen molar-refractivity contribution in [1.82, 2.24) is 10.6 Å². The lowest BCUT2D eigenvalue weighted by molar-refractivity contribution is 0.0523. The summed E-state index contributed by atoms with van der Waals surface area (Å²) in [6.45, 7) is 5.43. The predicted octanol–water partition coefficient (Wildman–Crippen LogP) is 2.21. The number of halogens is 1. The molecule has 0 saturated heterocycles. The van der Waals surface area contributed by atoms with Crippen molar-refractivity contribution in [2.75, 3.05) is 7.05 Å². The highest BCUT2D eigenvalue weighted by atomic mass is 19.1. The first kappa shape index (κ1) is 15.9. The summed E-state index contributed by atoms with van der Waals surface area (Å²) in [7, 11) is 1.42. The van der Waals surface area contributed by atoms with E-state index in [1.165, 1.54) is 25.2 Å². The van der Waals surface area contributed by atoms with Crippen molar-refractivity contribution in [1.29, 1.82) is 0 Å². The standard InChI is InChI=1S/C14H19FN2O3/c1-14(2,3)20-13(19)17-8-9-5-6-11(15)10(7-9)12(18)16-4/h5-7H,8H2,1-4H3,(H,16,18)(H,17,19). The second kappa shape index (κ2) is 6.36. The Morgan fingerprint density at radius 3 is 2.50 bits per heavy atom. The van der Waals surface area contributed by atoms with Crippen molar-refractivity contribution in [3.63, 3.8) is 0 Å². The van der Waals surface area contributed by atoms with Gasteiger partial charge in [-0.05, 0) is 38.5 Å². The Morgan fingerprint density at radius 1 is 1.30 bits per heavy atom. The number of hydrogen-bond acceptors (Lipinski definition) is 3. The van der Waals surface area contributed by atoms with Crippen LogP contribution >= 0.6 is 0 Å². The van der Waals surface area contributed by atoms with Crippen LogP contribution in [0.2, 0.25) is 0 Å². The molecule has 20 heavy (non-hydrogen) atoms. The fourth-order valence-electron chi connectivity index (χ4n) is 1.48. The molecule has 5 nitrogen and oxygen atoms in total. The van der Waals surface area contributed by atoms with E-state index in [9.17, 15) is 14.0 Å². The van der Waals surface area contributed by atoms with Gasteiger partial charge < -0.3 is 15.4 Å². The van der Waals surface area contributed by atoms with Crippen LogP contribution in [0.5, 0.6) is 0 Å². The van der Waals surface area contributed by atoms with Crippen LogP contribution in [0.25, 0.3) is 0 Å². The highest BCUT2D eigenvalue weighted by Gasteiger charge is 2.16. The number of ether oxygens (including phenoxy) is 1. The topological polar surface area (TPSA) is 67.4 Å². The van der Waals surface area contributed by atoms with E-state index in [2.05, 4.69) is 10.6 Å². The molecule has 0 bridgehead atoms. The fraction of sp³-hybridized carbons (Fsp3) is 0.429. The summed E-state index contributed by atoms with van der Waals surface area (Å²) < 4.78 is 18.5. The number of benzene rings is 1. The highest BCUT2D eigenvalue weighted by molar-refractivity contribution is 5.94. The average Bonchev–Trinajstić information content (AvgIpc) is 2.35. The number of amides is 2. The zero-order valence-electron chi connectivity index (χ0n) is 12.0. The van der Waals surface area contributed by atoms with Gasteiger partial charge in [-0.1, -0.05) is 6.07 Å². The third-order valence-corrected chi connectivity index (χ3v) is 2.34. The molecule has 0 spiro atoms. The Hall–Kier alpha value is -2.11. The number of rotatable bonds is 3. The van der Waals surface area contributed by atoms with Crippen LogP contribution in [0.3, 0.4) is 0 Å². The molecular formula is C14H19FN2O3. The lowest BCUT2D eigenvalue weighted by Gasteiger charge is -2.19. The van der Waals surface area contributed by atoms with Crippen molar-refractivity contribution in [2.24, 2.45) is 0 Å². The van der Waals surface area contributed by atoms with Gasteiger partial charge in [0.25, 0.3) is 5.91 Å². The van der Waals surface area contributed by atoms with Crippen LogP contribution in [-0.2, 0) is 11.3 Å². The minimum absolute atomic E-state index is 0.0593. The maximum absolute atomic E-state index is 13.5. The molecule has 1 rings (SSSR count). The molecule has 1 aromatic rings. The Balaban J connectivity index is 2.70. The van der Waals surface area contributed by atoms with Gasteiger partial charge in [-0.2, -0.15) is 0 Å². The molecule has 2 N–H and O–H groups in total. The zero-order chi connectivity index (χ0) is 15.3. The molecule has 0 aliphatic carbocycles. The number of carbonyl (C=O) groups excluding carboxylic acids is 2. The first-order valence-corrected chi connectivity index (χ1v) is 6.20. The summed E-state index contributed by atoms with van der Waals surface area (Å²) in [4.78, 5) is 22.9. The van der Waals surface area contributed by atoms with Crippen molar-refractivity contribution >= 4 is 12.0 Å². The monoisotopic (exact) mass is 282 g/mol. The van der Waals surface area contributed by atoms with E-state index in [1.54, 1.807) is 20.8 Å². The second-order valence-electron chi connectivity index (χ2n) is 5.25. The highest BCUT2D eigenvalue weighted by Crippen LogP contribution is 2.11. The molecule has 0 aromatic heterocycles. The molecule has 0 atom stereocenters. The Labute approximate surface area is 117 Å². The molecule has 1 aromatic carbocycles. The SMILES string of the molecule is CNC(=O)c1cc(CNC(=O)OC(C)(C)C)ccc1F. The van der Waals surface area contributed by atoms with Gasteiger partial charge in [-0.25, -0.2) is 9.18 Å². The van der Waals surface area contributed by atoms with E-state index in [0.29, 0.717) is 5.56 Å². The molecule has 0 unspecified atom stereocenters. The van der Waals surface area contributed by atoms with Gasteiger partial charge in [0.15, 0.2) is 0 Å². The molecule has 2 amide bonds. The third kappa shape index (κ3) is 4.87. The van der Waals surface area contributed by atoms with Gasteiger partial charge in [0, 0.05) is 13.6 Å². The van der Waals surface area contributed by atoms with E-state index < -0.39 is 23.4 Å². The molecule has 110 valence electrons. The summed E-state index contributed by atoms with van der Waals surface area (Å²) in [6.07, 6.45) is -0.566. The van der Waals surface area contributed by atoms with E-state index in [-0.39, 0.29) is 12.1 Å². The summed E-state index contributed by atoms with van der Waals surface area (Å²) in [5, 5.41) is 4.90. The minimum atomic E-state index is -0.606. The first-order valence-electron chi connectivity index (χ1n) is 6.20. The van der Waals surface area contributed by atoms with Crippen molar-refractivity contribution < 1.29 is 18.7 Å². The predicted molar refractivity (Wildman–Crippen MR) is 72.9 cm³/mol. The van der Waals surface area contributed by atoms with Gasteiger partial charge in [0.1, 0.15) is 11.4 Å². The lowest BCUT2D eigenvalue weighted by atomic mass is 10.1. The van der Waals surface area contributed by atoms with E-state index in [0.717, 1.165) is 0 Å². The smallest absolute Gasteiger partial charge is 0.407 e. The third-order valence-electron chi connectivity index (χ3n) is 2.34. The van der Waals surface area contributed by atoms with Gasteiger partial charge >= 0.3 is 6.09 Å². The van der Waals surface area contributed by atoms with Crippen LogP contribution in [-0.4, -0.2) is 24.6 Å². The Kier molecular flexibility index (Phi) is 5.07. The number of nitrogens with one attached hydrogen (secondary N) is 2. The van der Waals surface area contributed by atoms with Crippen molar-refractivity contribution in [3.05, 3.63) is 35.1 Å². The molecule has 0 aliphatic heterocycles. The van der Waals surface area contributed by atoms with Crippen molar-refractivity contribution in [3.8, 4) is 0 Å².